The molecule has 0 unspecified atom stereocenters. The van der Waals surface area contributed by atoms with E-state index in [-0.39, 0.29) is 25.4 Å². The van der Waals surface area contributed by atoms with Crippen LogP contribution in [0.1, 0.15) is 83.8 Å². The van der Waals surface area contributed by atoms with Gasteiger partial charge in [-0.15, -0.1) is 0 Å². The van der Waals surface area contributed by atoms with E-state index in [0.717, 1.165) is 37.5 Å². The summed E-state index contributed by atoms with van der Waals surface area (Å²) in [6.45, 7) is 10.6. The third kappa shape index (κ3) is 9.15. The predicted molar refractivity (Wildman–Crippen MR) is 193 cm³/mol. The van der Waals surface area contributed by atoms with Crippen LogP contribution in [0.5, 0.6) is 0 Å². The highest BCUT2D eigenvalue weighted by Crippen LogP contribution is 2.39. The number of hydrogen-bond acceptors (Lipinski definition) is 9. The average molecular weight is 716 g/mol. The number of carbonyl (C=O) groups excluding carboxylic acids is 3. The van der Waals surface area contributed by atoms with E-state index in [1.165, 1.54) is 13.8 Å². The maximum atomic E-state index is 14.4. The van der Waals surface area contributed by atoms with E-state index in [9.17, 15) is 27.9 Å². The van der Waals surface area contributed by atoms with E-state index in [4.69, 9.17) is 10.2 Å². The van der Waals surface area contributed by atoms with Crippen LogP contribution in [0.25, 0.3) is 0 Å². The highest BCUT2D eigenvalue weighted by Gasteiger charge is 2.60. The molecule has 0 bridgehead atoms. The van der Waals surface area contributed by atoms with Gasteiger partial charge in [-0.1, -0.05) is 49.6 Å². The second-order valence-corrected chi connectivity index (χ2v) is 18.4. The Kier molecular flexibility index (Phi) is 12.3. The number of piperidine rings is 1. The van der Waals surface area contributed by atoms with Crippen molar-refractivity contribution in [2.24, 2.45) is 17.6 Å². The first-order chi connectivity index (χ1) is 23.2. The van der Waals surface area contributed by atoms with Crippen LogP contribution < -0.4 is 21.7 Å². The van der Waals surface area contributed by atoms with Crippen molar-refractivity contribution in [1.29, 1.82) is 0 Å². The van der Waals surface area contributed by atoms with Crippen molar-refractivity contribution in [3.8, 4) is 0 Å². The maximum absolute atomic E-state index is 14.4. The SMILES string of the molecule is Cc1ccc(CNC(=O)[C@@](N)(C(=O)N[C@@H](Cc2ccccc2)[C@H](O)CN2C[C@H]3CCCC[C@H]3C[C@H]2C(=O)NC(C)(C)C)C(C)(C)S(C)(=O)=O)o1. The summed E-state index contributed by atoms with van der Waals surface area (Å²) in [4.78, 5) is 43.9. The Hall–Kier alpha value is -3.26. The zero-order valence-electron chi connectivity index (χ0n) is 30.6. The number of furan rings is 1. The van der Waals surface area contributed by atoms with Crippen LogP contribution in [-0.4, -0.2) is 89.5 Å². The molecule has 2 fully saturated rings. The third-order valence-electron chi connectivity index (χ3n) is 10.6. The van der Waals surface area contributed by atoms with E-state index in [1.54, 1.807) is 19.1 Å². The lowest BCUT2D eigenvalue weighted by Crippen LogP contribution is -2.76. The van der Waals surface area contributed by atoms with Crippen molar-refractivity contribution >= 4 is 27.6 Å². The van der Waals surface area contributed by atoms with Crippen molar-refractivity contribution in [2.45, 2.75) is 121 Å². The van der Waals surface area contributed by atoms with Crippen molar-refractivity contribution in [3.63, 3.8) is 0 Å². The number of fused-ring (bicyclic) bond motifs is 1. The fraction of sp³-hybridized carbons (Fsp3) is 0.649. The number of hydrogen-bond donors (Lipinski definition) is 5. The van der Waals surface area contributed by atoms with E-state index < -0.39 is 55.7 Å². The lowest BCUT2D eigenvalue weighted by atomic mass is 9.72. The number of rotatable bonds is 13. The minimum absolute atomic E-state index is 0.0698. The maximum Gasteiger partial charge on any atom is 0.251 e. The molecule has 278 valence electrons. The van der Waals surface area contributed by atoms with Crippen LogP contribution in [0.15, 0.2) is 46.9 Å². The lowest BCUT2D eigenvalue weighted by molar-refractivity contribution is -0.140. The van der Waals surface area contributed by atoms with Gasteiger partial charge in [-0.25, -0.2) is 8.42 Å². The van der Waals surface area contributed by atoms with Gasteiger partial charge >= 0.3 is 0 Å². The summed E-state index contributed by atoms with van der Waals surface area (Å²) >= 11 is 0. The Morgan fingerprint density at radius 3 is 2.22 bits per heavy atom. The van der Waals surface area contributed by atoms with Gasteiger partial charge in [0, 0.05) is 24.9 Å². The highest BCUT2D eigenvalue weighted by molar-refractivity contribution is 7.92. The number of likely N-dealkylation sites (tertiary alicyclic amines) is 1. The standard InChI is InChI=1S/C37H57N5O7S/c1-24-17-18-28(49-24)21-39-33(45)37(38,36(5,6)50(7,47)48)34(46)40-29(19-25-13-9-8-10-14-25)31(43)23-42-22-27-16-12-11-15-26(27)20-30(42)32(44)41-35(2,3)4/h8-10,13-14,17-18,26-27,29-31,43H,11-12,15-16,19-23,38H2,1-7H3,(H,39,45)(H,40,46)(H,41,44)/t26-,27+,29-,30-,31+,37+/m0/s1. The van der Waals surface area contributed by atoms with Crippen molar-refractivity contribution in [3.05, 3.63) is 59.5 Å². The molecule has 6 N–H and O–H groups in total. The zero-order valence-corrected chi connectivity index (χ0v) is 31.4. The fourth-order valence-electron chi connectivity index (χ4n) is 7.26. The Bertz CT molecular complexity index is 1600. The Balaban J connectivity index is 1.65. The number of benzene rings is 1. The van der Waals surface area contributed by atoms with E-state index >= 15 is 0 Å². The molecule has 1 saturated heterocycles. The van der Waals surface area contributed by atoms with E-state index in [0.29, 0.717) is 36.3 Å². The summed E-state index contributed by atoms with van der Waals surface area (Å²) in [6, 6.07) is 11.2. The molecule has 1 aliphatic heterocycles. The highest BCUT2D eigenvalue weighted by atomic mass is 32.2. The van der Waals surface area contributed by atoms with Gasteiger partial charge in [-0.2, -0.15) is 0 Å². The summed E-state index contributed by atoms with van der Waals surface area (Å²) in [6.07, 6.45) is 4.96. The molecule has 4 rings (SSSR count). The van der Waals surface area contributed by atoms with Crippen LogP contribution in [0, 0.1) is 18.8 Å². The molecular formula is C37H57N5O7S. The van der Waals surface area contributed by atoms with Gasteiger partial charge in [-0.05, 0) is 90.3 Å². The first-order valence-electron chi connectivity index (χ1n) is 17.6. The second-order valence-electron chi connectivity index (χ2n) is 15.9. The molecule has 1 aliphatic carbocycles. The van der Waals surface area contributed by atoms with Crippen LogP contribution in [-0.2, 0) is 37.2 Å². The summed E-state index contributed by atoms with van der Waals surface area (Å²) < 4.78 is 29.7. The van der Waals surface area contributed by atoms with Gasteiger partial charge < -0.3 is 31.2 Å². The number of aliphatic hydroxyl groups is 1. The molecule has 2 aromatic rings. The number of nitrogens with two attached hydrogens (primary N) is 1. The Morgan fingerprint density at radius 2 is 1.64 bits per heavy atom. The summed E-state index contributed by atoms with van der Waals surface area (Å²) in [5.74, 6) is -0.319. The van der Waals surface area contributed by atoms with Gasteiger partial charge in [-0.3, -0.25) is 19.3 Å². The molecule has 0 spiro atoms. The van der Waals surface area contributed by atoms with Gasteiger partial charge in [0.05, 0.1) is 24.7 Å². The zero-order chi connectivity index (χ0) is 37.1. The van der Waals surface area contributed by atoms with Crippen molar-refractivity contribution in [2.75, 3.05) is 19.3 Å². The predicted octanol–water partition coefficient (Wildman–Crippen LogP) is 2.61. The van der Waals surface area contributed by atoms with Crippen LogP contribution in [0.4, 0.5) is 0 Å². The molecule has 0 radical (unpaired) electrons. The molecule has 13 heteroatoms. The largest absolute Gasteiger partial charge is 0.465 e. The number of nitrogens with zero attached hydrogens (tertiary/aromatic N) is 1. The molecule has 1 saturated carbocycles. The first-order valence-corrected chi connectivity index (χ1v) is 19.5. The van der Waals surface area contributed by atoms with Crippen LogP contribution in [0.2, 0.25) is 0 Å². The Morgan fingerprint density at radius 1 is 1.00 bits per heavy atom. The molecule has 6 atom stereocenters. The number of β-amino-alcohol motifs (C(OH)–C–C–N with tert-alkyl or cyclic N) is 1. The van der Waals surface area contributed by atoms with Crippen molar-refractivity contribution < 1.29 is 32.3 Å². The third-order valence-corrected chi connectivity index (χ3v) is 12.8. The molecular weight excluding hydrogens is 659 g/mol. The fourth-order valence-corrected chi connectivity index (χ4v) is 8.03. The molecule has 12 nitrogen and oxygen atoms in total. The topological polar surface area (TPSA) is 184 Å². The number of aliphatic hydroxyl groups excluding tert-OH is 1. The molecule has 3 amide bonds. The number of carbonyl (C=O) groups is 3. The summed E-state index contributed by atoms with van der Waals surface area (Å²) in [5, 5.41) is 20.5. The second kappa shape index (κ2) is 15.5. The summed E-state index contributed by atoms with van der Waals surface area (Å²) in [5.41, 5.74) is 4.41. The quantitative estimate of drug-likeness (QED) is 0.195. The number of sulfone groups is 1. The number of amides is 3. The number of nitrogens with one attached hydrogen (secondary N) is 3. The van der Waals surface area contributed by atoms with Gasteiger partial charge in [0.1, 0.15) is 16.3 Å². The number of aryl methyl sites for hydroxylation is 1. The monoisotopic (exact) mass is 715 g/mol. The van der Waals surface area contributed by atoms with Crippen LogP contribution >= 0.6 is 0 Å². The first kappa shape index (κ1) is 39.5. The van der Waals surface area contributed by atoms with E-state index in [1.807, 2.05) is 56.0 Å². The van der Waals surface area contributed by atoms with E-state index in [2.05, 4.69) is 16.0 Å². The molecule has 2 aliphatic rings. The summed E-state index contributed by atoms with van der Waals surface area (Å²) in [7, 11) is -4.10. The van der Waals surface area contributed by atoms with Crippen LogP contribution in [0.3, 0.4) is 0 Å². The average Bonchev–Trinajstić information content (AvgIpc) is 3.46. The minimum Gasteiger partial charge on any atom is -0.465 e. The lowest BCUT2D eigenvalue weighted by Gasteiger charge is -2.47. The molecule has 1 aromatic heterocycles. The minimum atomic E-state index is -4.10. The van der Waals surface area contributed by atoms with Gasteiger partial charge in [0.15, 0.2) is 15.4 Å². The normalized spacial score (nSPS) is 22.8. The van der Waals surface area contributed by atoms with Gasteiger partial charge in [0.25, 0.3) is 11.8 Å². The van der Waals surface area contributed by atoms with Crippen molar-refractivity contribution in [1.82, 2.24) is 20.9 Å². The molecule has 50 heavy (non-hydrogen) atoms. The van der Waals surface area contributed by atoms with Gasteiger partial charge in [0.2, 0.25) is 5.91 Å². The molecule has 1 aromatic carbocycles. The smallest absolute Gasteiger partial charge is 0.251 e. The Labute approximate surface area is 297 Å². The molecule has 2 heterocycles.